The molecule has 65 heavy (non-hydrogen) atoms. The topological polar surface area (TPSA) is 224 Å². The Morgan fingerprint density at radius 2 is 1.48 bits per heavy atom. The molecule has 4 heterocycles. The number of nitrogens with zero attached hydrogens (tertiary/aromatic N) is 3. The second kappa shape index (κ2) is 14.5. The van der Waals surface area contributed by atoms with Gasteiger partial charge in [0.25, 0.3) is 17.2 Å². The Kier molecular flexibility index (Phi) is 9.37. The number of nitrogen functional groups attached to an aromatic ring is 2. The van der Waals surface area contributed by atoms with Crippen LogP contribution < -0.4 is 26.3 Å². The maximum atomic E-state index is 14.9. The molecule has 14 heteroatoms. The van der Waals surface area contributed by atoms with E-state index in [1.807, 2.05) is 39.8 Å². The summed E-state index contributed by atoms with van der Waals surface area (Å²) in [7, 11) is 1.49. The minimum atomic E-state index is -2.28. The van der Waals surface area contributed by atoms with E-state index in [4.69, 9.17) is 20.9 Å². The van der Waals surface area contributed by atoms with Crippen LogP contribution in [0.4, 0.5) is 11.4 Å². The van der Waals surface area contributed by atoms with Crippen LogP contribution in [0.2, 0.25) is 0 Å². The van der Waals surface area contributed by atoms with Crippen LogP contribution in [0.3, 0.4) is 0 Å². The number of ether oxygens (including phenoxy) is 2. The van der Waals surface area contributed by atoms with Gasteiger partial charge in [0.1, 0.15) is 17.4 Å². The number of benzene rings is 4. The summed E-state index contributed by atoms with van der Waals surface area (Å²) in [6.45, 7) is 7.95. The van der Waals surface area contributed by atoms with Crippen LogP contribution in [0.5, 0.6) is 11.5 Å². The Balaban J connectivity index is 0.953. The van der Waals surface area contributed by atoms with Crippen LogP contribution in [0.25, 0.3) is 0 Å². The van der Waals surface area contributed by atoms with Gasteiger partial charge in [-0.1, -0.05) is 68.8 Å². The lowest BCUT2D eigenvalue weighted by Crippen LogP contribution is -3.03. The number of fused-ring (bicyclic) bond motifs is 10. The van der Waals surface area contributed by atoms with Crippen LogP contribution in [0.15, 0.2) is 108 Å². The maximum absolute atomic E-state index is 14.9. The van der Waals surface area contributed by atoms with Gasteiger partial charge in [-0.15, -0.1) is 0 Å². The number of anilines is 2. The summed E-state index contributed by atoms with van der Waals surface area (Å²) in [6.07, 6.45) is 7.66. The van der Waals surface area contributed by atoms with Crippen molar-refractivity contribution in [1.82, 2.24) is 9.88 Å². The van der Waals surface area contributed by atoms with E-state index >= 15 is 0 Å². The normalized spacial score (nSPS) is 25.7. The van der Waals surface area contributed by atoms with Crippen molar-refractivity contribution in [3.63, 3.8) is 0 Å². The number of pyridine rings is 1. The lowest BCUT2D eigenvalue weighted by Gasteiger charge is -2.41. The number of likely N-dealkylation sites (N-methyl/N-ethyl adjacent to an activating group) is 1. The van der Waals surface area contributed by atoms with E-state index < -0.39 is 46.0 Å². The fourth-order valence-electron chi connectivity index (χ4n) is 10.8. The summed E-state index contributed by atoms with van der Waals surface area (Å²) in [6, 6.07) is 22.2. The zero-order valence-electron chi connectivity index (χ0n) is 36.6. The molecule has 6 atom stereocenters. The van der Waals surface area contributed by atoms with Gasteiger partial charge < -0.3 is 36.1 Å². The Morgan fingerprint density at radius 1 is 0.846 bits per heavy atom. The highest BCUT2D eigenvalue weighted by molar-refractivity contribution is 6.16. The smallest absolute Gasteiger partial charge is 0.320 e. The first kappa shape index (κ1) is 42.0. The monoisotopic (exact) mass is 873 g/mol. The van der Waals surface area contributed by atoms with Gasteiger partial charge in [0.2, 0.25) is 17.1 Å². The fourth-order valence-corrected chi connectivity index (χ4v) is 10.8. The van der Waals surface area contributed by atoms with Crippen LogP contribution >= 0.6 is 0 Å². The second-order valence-corrected chi connectivity index (χ2v) is 18.3. The van der Waals surface area contributed by atoms with E-state index in [1.165, 1.54) is 23.5 Å². The number of allylic oxidation sites excluding steroid dienone is 1. The third-order valence-corrected chi connectivity index (χ3v) is 14.3. The van der Waals surface area contributed by atoms with E-state index in [0.717, 1.165) is 16.7 Å². The predicted molar refractivity (Wildman–Crippen MR) is 240 cm³/mol. The van der Waals surface area contributed by atoms with Gasteiger partial charge in [-0.3, -0.25) is 29.7 Å². The highest BCUT2D eigenvalue weighted by Crippen LogP contribution is 2.62. The summed E-state index contributed by atoms with van der Waals surface area (Å²) in [5, 5.41) is 26.5. The highest BCUT2D eigenvalue weighted by Gasteiger charge is 2.76. The molecule has 0 spiro atoms. The van der Waals surface area contributed by atoms with Gasteiger partial charge in [-0.25, -0.2) is 4.79 Å². The van der Waals surface area contributed by atoms with Gasteiger partial charge in [0.15, 0.2) is 0 Å². The molecule has 2 amide bonds. The first-order valence-corrected chi connectivity index (χ1v) is 21.8. The van der Waals surface area contributed by atoms with E-state index in [1.54, 1.807) is 85.3 Å². The number of ketones is 2. The molecule has 3 aliphatic heterocycles. The number of hydrogen-bond donors (Lipinski definition) is 5. The highest BCUT2D eigenvalue weighted by atomic mass is 16.6. The minimum Gasteiger partial charge on any atom is -0.454 e. The predicted octanol–water partition coefficient (Wildman–Crippen LogP) is 5.22. The Morgan fingerprint density at radius 3 is 2.18 bits per heavy atom. The number of primary amides is 1. The van der Waals surface area contributed by atoms with Crippen molar-refractivity contribution in [2.75, 3.05) is 18.5 Å². The van der Waals surface area contributed by atoms with Crippen LogP contribution in [0, 0.1) is 5.92 Å². The number of aryl methyl sites for hydroxylation is 1. The van der Waals surface area contributed by atoms with Crippen molar-refractivity contribution in [3.8, 4) is 11.5 Å². The van der Waals surface area contributed by atoms with Gasteiger partial charge in [0.05, 0.1) is 22.3 Å². The quantitative estimate of drug-likeness (QED) is 0.121. The summed E-state index contributed by atoms with van der Waals surface area (Å²) < 4.78 is 12.8. The first-order valence-electron chi connectivity index (χ1n) is 21.8. The van der Waals surface area contributed by atoms with E-state index in [2.05, 4.69) is 9.98 Å². The molecule has 5 aromatic rings. The van der Waals surface area contributed by atoms with Crippen LogP contribution in [0.1, 0.15) is 122 Å². The number of amides is 2. The van der Waals surface area contributed by atoms with Crippen molar-refractivity contribution in [2.45, 2.75) is 81.4 Å². The van der Waals surface area contributed by atoms with Crippen molar-refractivity contribution >= 4 is 41.0 Å². The van der Waals surface area contributed by atoms with Gasteiger partial charge >= 0.3 is 11.7 Å². The van der Waals surface area contributed by atoms with Crippen molar-refractivity contribution in [2.24, 2.45) is 10.9 Å². The summed E-state index contributed by atoms with van der Waals surface area (Å²) >= 11 is 0. The molecule has 0 bridgehead atoms. The maximum Gasteiger partial charge on any atom is 0.320 e. The van der Waals surface area contributed by atoms with Gasteiger partial charge in [0, 0.05) is 59.9 Å². The average Bonchev–Trinajstić information content (AvgIpc) is 3.85. The summed E-state index contributed by atoms with van der Waals surface area (Å²) in [5.74, 6) is -6.63. The number of hydrogen-bond acceptors (Lipinski definition) is 12. The molecule has 0 radical (unpaired) electrons. The molecule has 5 aliphatic rings. The van der Waals surface area contributed by atoms with E-state index in [9.17, 15) is 29.4 Å². The first-order chi connectivity index (χ1) is 31.0. The molecule has 6 unspecified atom stereocenters. The summed E-state index contributed by atoms with van der Waals surface area (Å²) in [5.41, 5.74) is 14.0. The number of rotatable bonds is 9. The number of carbonyl (C=O) groups is 4. The molecule has 0 saturated heterocycles. The number of aliphatic imine (C=N–C) groups is 1. The standard InChI is InChI=1S/C51H48N6O8/c1-26(2)30-14-17-35-41(21-30)65-51(63)37-9-7-11-39(53)43(37)45(59)49(35,51)57(5)47(61)33-25-54-19-18-29(33)13-12-28(4)31-15-16-34-40(22-31)64-50(62)36-8-6-10-38(52)42(36)44(58)48(34,50)56-46(60)32-20-27(3)23-55-24-32/h6-11,14-19,21-26,28,32,62-63H,12-13,20,52-53H2,1-5H3,(H,56,60)/p+1. The average molecular weight is 874 g/mol. The number of aromatic nitrogens is 1. The lowest BCUT2D eigenvalue weighted by molar-refractivity contribution is -0.667. The molecular formula is C51H49N6O8+. The summed E-state index contributed by atoms with van der Waals surface area (Å²) in [4.78, 5) is 68.2. The van der Waals surface area contributed by atoms with Gasteiger partial charge in [-0.05, 0) is 91.1 Å². The number of nitrogens with two attached hydrogens (primary N) is 3. The molecule has 1 aromatic heterocycles. The van der Waals surface area contributed by atoms with Gasteiger partial charge in [-0.2, -0.15) is 0 Å². The van der Waals surface area contributed by atoms with E-state index in [-0.39, 0.29) is 62.7 Å². The number of carbonyl (C=O) groups excluding carboxylic acids is 4. The third-order valence-electron chi connectivity index (χ3n) is 14.3. The third kappa shape index (κ3) is 5.57. The Hall–Kier alpha value is -7.00. The van der Waals surface area contributed by atoms with E-state index in [0.29, 0.717) is 41.7 Å². The fraction of sp³-hybridized carbons (Fsp3) is 0.294. The molecule has 330 valence electrons. The number of Topliss-reactive ketones (excluding diaryl/α,β-unsaturated/α-hetero) is 2. The van der Waals surface area contributed by atoms with Crippen molar-refractivity contribution in [3.05, 3.63) is 159 Å². The molecular weight excluding hydrogens is 825 g/mol. The number of quaternary nitrogens is 1. The number of aliphatic hydroxyl groups is 2. The molecule has 0 fully saturated rings. The van der Waals surface area contributed by atoms with Crippen molar-refractivity contribution < 1.29 is 44.2 Å². The van der Waals surface area contributed by atoms with Crippen LogP contribution in [-0.2, 0) is 33.9 Å². The SMILES string of the molecule is CC1=CN=CC(C(=O)[NH2+]C23C(=O)c4c(N)cccc4C2(O)Oc2cc(C(C)CCc4ccncc4C(=O)N(C)C45C(=O)c6c(N)cccc6C4(O)Oc4cc(C(C)C)ccc45)ccc23)C1. The molecule has 10 rings (SSSR count). The minimum absolute atomic E-state index is 0.0989. The largest absolute Gasteiger partial charge is 0.454 e. The molecule has 4 aromatic carbocycles. The zero-order valence-corrected chi connectivity index (χ0v) is 36.6. The molecule has 8 N–H and O–H groups in total. The second-order valence-electron chi connectivity index (χ2n) is 18.3. The van der Waals surface area contributed by atoms with Crippen LogP contribution in [-0.4, -0.2) is 56.7 Å². The zero-order chi connectivity index (χ0) is 46.0. The Bertz CT molecular complexity index is 3000. The lowest BCUT2D eigenvalue weighted by atomic mass is 9.80. The molecule has 14 nitrogen and oxygen atoms in total. The Labute approximate surface area is 375 Å². The molecule has 2 aliphatic carbocycles. The molecule has 0 saturated carbocycles. The van der Waals surface area contributed by atoms with Crippen molar-refractivity contribution in [1.29, 1.82) is 0 Å².